The number of nitrogens with zero attached hydrogens (tertiary/aromatic N) is 2. The molecule has 0 aliphatic rings. The van der Waals surface area contributed by atoms with Gasteiger partial charge in [0.2, 0.25) is 0 Å². The third kappa shape index (κ3) is 5.43. The second-order valence-corrected chi connectivity index (χ2v) is 6.67. The number of thioether (sulfide) groups is 1. The van der Waals surface area contributed by atoms with Gasteiger partial charge in [-0.25, -0.2) is 0 Å². The van der Waals surface area contributed by atoms with E-state index in [9.17, 15) is 5.11 Å². The molecular formula is C16H16IN3O2S. The monoisotopic (exact) mass is 441 g/mol. The quantitative estimate of drug-likeness (QED) is 0.322. The summed E-state index contributed by atoms with van der Waals surface area (Å²) in [6.07, 6.45) is 1.57. The molecule has 5 nitrogen and oxygen atoms in total. The lowest BCUT2D eigenvalue weighted by Crippen LogP contribution is -2.06. The molecule has 0 heterocycles. The predicted molar refractivity (Wildman–Crippen MR) is 104 cm³/mol. The topological polar surface area (TPSA) is 80.2 Å². The molecule has 0 aliphatic heterocycles. The van der Waals surface area contributed by atoms with Gasteiger partial charge in [0.05, 0.1) is 16.9 Å². The number of amidine groups is 1. The van der Waals surface area contributed by atoms with Crippen molar-refractivity contribution in [3.8, 4) is 11.5 Å². The number of hydrogen-bond donors (Lipinski definition) is 2. The molecule has 0 amide bonds. The number of nitrogens with two attached hydrogens (primary N) is 1. The van der Waals surface area contributed by atoms with Gasteiger partial charge in [-0.1, -0.05) is 42.1 Å². The smallest absolute Gasteiger partial charge is 0.180 e. The molecule has 0 aromatic heterocycles. The first kappa shape index (κ1) is 17.6. The summed E-state index contributed by atoms with van der Waals surface area (Å²) in [5.74, 6) is 1.26. The van der Waals surface area contributed by atoms with Crippen LogP contribution in [0, 0.1) is 3.57 Å². The summed E-state index contributed by atoms with van der Waals surface area (Å²) >= 11 is 3.45. The van der Waals surface area contributed by atoms with Crippen molar-refractivity contribution >= 4 is 45.7 Å². The molecule has 0 unspecified atom stereocenters. The number of aromatic hydroxyl groups is 1. The van der Waals surface area contributed by atoms with E-state index >= 15 is 0 Å². The van der Waals surface area contributed by atoms with Crippen molar-refractivity contribution in [3.05, 3.63) is 57.2 Å². The van der Waals surface area contributed by atoms with E-state index in [4.69, 9.17) is 10.5 Å². The Kier molecular flexibility index (Phi) is 6.72. The molecule has 0 fully saturated rings. The molecule has 0 spiro atoms. The zero-order valence-corrected chi connectivity index (χ0v) is 15.4. The third-order valence-corrected chi connectivity index (χ3v) is 4.54. The fourth-order valence-corrected chi connectivity index (χ4v) is 2.97. The summed E-state index contributed by atoms with van der Waals surface area (Å²) in [7, 11) is 1.50. The highest BCUT2D eigenvalue weighted by Gasteiger charge is 2.07. The highest BCUT2D eigenvalue weighted by Crippen LogP contribution is 2.31. The van der Waals surface area contributed by atoms with Crippen molar-refractivity contribution in [2.75, 3.05) is 7.11 Å². The van der Waals surface area contributed by atoms with E-state index in [1.54, 1.807) is 18.3 Å². The van der Waals surface area contributed by atoms with Crippen LogP contribution in [0.3, 0.4) is 0 Å². The normalized spacial score (nSPS) is 11.8. The number of methoxy groups -OCH3 is 1. The molecule has 0 bridgehead atoms. The largest absolute Gasteiger partial charge is 0.504 e. The van der Waals surface area contributed by atoms with Gasteiger partial charge in [0, 0.05) is 5.75 Å². The average Bonchev–Trinajstić information content (AvgIpc) is 2.57. The molecule has 0 saturated heterocycles. The molecule has 7 heteroatoms. The maximum atomic E-state index is 9.79. The number of ether oxygens (including phenoxy) is 1. The fraction of sp³-hybridized carbons (Fsp3) is 0.125. The number of phenolic OH excluding ortho intramolecular Hbond substituents is 1. The van der Waals surface area contributed by atoms with Crippen LogP contribution < -0.4 is 10.5 Å². The lowest BCUT2D eigenvalue weighted by molar-refractivity contribution is 0.371. The van der Waals surface area contributed by atoms with Gasteiger partial charge in [0.15, 0.2) is 16.7 Å². The molecule has 0 atom stereocenters. The van der Waals surface area contributed by atoms with Crippen molar-refractivity contribution in [1.29, 1.82) is 0 Å². The Morgan fingerprint density at radius 3 is 2.78 bits per heavy atom. The molecule has 2 aromatic rings. The molecule has 0 aliphatic carbocycles. The van der Waals surface area contributed by atoms with Crippen LogP contribution >= 0.6 is 34.4 Å². The Morgan fingerprint density at radius 1 is 1.35 bits per heavy atom. The van der Waals surface area contributed by atoms with Gasteiger partial charge in [-0.05, 0) is 45.9 Å². The van der Waals surface area contributed by atoms with Crippen LogP contribution in [0.4, 0.5) is 0 Å². The van der Waals surface area contributed by atoms with E-state index in [2.05, 4.69) is 10.2 Å². The van der Waals surface area contributed by atoms with Crippen molar-refractivity contribution in [3.63, 3.8) is 0 Å². The van der Waals surface area contributed by atoms with E-state index in [1.807, 2.05) is 52.9 Å². The van der Waals surface area contributed by atoms with Crippen LogP contribution in [-0.2, 0) is 5.75 Å². The van der Waals surface area contributed by atoms with Crippen molar-refractivity contribution < 1.29 is 9.84 Å². The fourth-order valence-electron chi connectivity index (χ4n) is 1.74. The summed E-state index contributed by atoms with van der Waals surface area (Å²) in [5, 5.41) is 18.1. The van der Waals surface area contributed by atoms with Crippen LogP contribution in [0.1, 0.15) is 11.1 Å². The van der Waals surface area contributed by atoms with Gasteiger partial charge in [-0.3, -0.25) is 0 Å². The maximum Gasteiger partial charge on any atom is 0.180 e. The molecule has 0 radical (unpaired) electrons. The van der Waals surface area contributed by atoms with Gasteiger partial charge in [-0.15, -0.1) is 5.10 Å². The van der Waals surface area contributed by atoms with Gasteiger partial charge >= 0.3 is 0 Å². The molecule has 2 rings (SSSR count). The van der Waals surface area contributed by atoms with Crippen molar-refractivity contribution in [1.82, 2.24) is 0 Å². The third-order valence-electron chi connectivity index (χ3n) is 2.86. The standard InChI is InChI=1S/C16H16IN3O2S/c1-22-14-8-12(7-13(17)15(14)21)9-19-20-16(18)23-10-11-5-3-2-4-6-11/h2-9,21H,10H2,1H3,(H2,18,20). The lowest BCUT2D eigenvalue weighted by atomic mass is 10.2. The number of phenols is 1. The summed E-state index contributed by atoms with van der Waals surface area (Å²) in [5.41, 5.74) is 7.78. The van der Waals surface area contributed by atoms with Crippen LogP contribution in [-0.4, -0.2) is 23.6 Å². The second-order valence-electron chi connectivity index (χ2n) is 4.51. The summed E-state index contributed by atoms with van der Waals surface area (Å²) in [6, 6.07) is 13.5. The van der Waals surface area contributed by atoms with Gasteiger partial charge in [0.25, 0.3) is 0 Å². The highest BCUT2D eigenvalue weighted by atomic mass is 127. The first-order chi connectivity index (χ1) is 11.1. The molecular weight excluding hydrogens is 425 g/mol. The predicted octanol–water partition coefficient (Wildman–Crippen LogP) is 3.59. The molecule has 3 N–H and O–H groups in total. The zero-order chi connectivity index (χ0) is 16.7. The molecule has 120 valence electrons. The Balaban J connectivity index is 1.98. The van der Waals surface area contributed by atoms with Gasteiger partial charge in [0.1, 0.15) is 0 Å². The Hall–Kier alpha value is -1.74. The van der Waals surface area contributed by atoms with Gasteiger partial charge < -0.3 is 15.6 Å². The molecule has 23 heavy (non-hydrogen) atoms. The number of halogens is 1. The van der Waals surface area contributed by atoms with E-state index in [-0.39, 0.29) is 5.75 Å². The van der Waals surface area contributed by atoms with E-state index < -0.39 is 0 Å². The van der Waals surface area contributed by atoms with Crippen LogP contribution in [0.15, 0.2) is 52.7 Å². The average molecular weight is 441 g/mol. The van der Waals surface area contributed by atoms with E-state index in [0.717, 1.165) is 11.3 Å². The van der Waals surface area contributed by atoms with Crippen molar-refractivity contribution in [2.24, 2.45) is 15.9 Å². The lowest BCUT2D eigenvalue weighted by Gasteiger charge is -2.05. The Bertz CT molecular complexity index is 721. The molecule has 2 aromatic carbocycles. The highest BCUT2D eigenvalue weighted by molar-refractivity contribution is 14.1. The summed E-state index contributed by atoms with van der Waals surface area (Å²) < 4.78 is 5.78. The first-order valence-corrected chi connectivity index (χ1v) is 8.76. The molecule has 0 saturated carbocycles. The maximum absolute atomic E-state index is 9.79. The van der Waals surface area contributed by atoms with E-state index in [1.165, 1.54) is 24.4 Å². The number of benzene rings is 2. The first-order valence-electron chi connectivity index (χ1n) is 6.70. The van der Waals surface area contributed by atoms with Gasteiger partial charge in [-0.2, -0.15) is 5.10 Å². The number of hydrogen-bond acceptors (Lipinski definition) is 5. The summed E-state index contributed by atoms with van der Waals surface area (Å²) in [4.78, 5) is 0. The van der Waals surface area contributed by atoms with Crippen LogP contribution in [0.5, 0.6) is 11.5 Å². The Labute approximate surface area is 152 Å². The second kappa shape index (κ2) is 8.78. The minimum absolute atomic E-state index is 0.117. The summed E-state index contributed by atoms with van der Waals surface area (Å²) in [6.45, 7) is 0. The minimum Gasteiger partial charge on any atom is -0.504 e. The van der Waals surface area contributed by atoms with E-state index in [0.29, 0.717) is 14.5 Å². The van der Waals surface area contributed by atoms with Crippen LogP contribution in [0.2, 0.25) is 0 Å². The Morgan fingerprint density at radius 2 is 2.09 bits per heavy atom. The SMILES string of the molecule is COc1cc(C=NN=C(N)SCc2ccccc2)cc(I)c1O. The number of rotatable bonds is 5. The van der Waals surface area contributed by atoms with Crippen molar-refractivity contribution in [2.45, 2.75) is 5.75 Å². The minimum atomic E-state index is 0.117. The zero-order valence-electron chi connectivity index (χ0n) is 12.4. The van der Waals surface area contributed by atoms with Crippen LogP contribution in [0.25, 0.3) is 0 Å².